The van der Waals surface area contributed by atoms with Crippen molar-refractivity contribution in [2.45, 2.75) is 37.8 Å². The highest BCUT2D eigenvalue weighted by atomic mass is 16.5. The predicted molar refractivity (Wildman–Crippen MR) is 95.0 cm³/mol. The van der Waals surface area contributed by atoms with E-state index in [1.165, 1.54) is 7.11 Å². The standard InChI is InChI=1S/C18H22N4O5/c1-18(9-11-5-3-4-6-13(11)27-2)15(24)22(17(26)21-18)10-14(23)20-16(25)19-12-7-8-12/h3-6,12H,7-10H2,1-2H3,(H,21,26)(H2,19,20,23,25)/t18-/m0/s1. The third-order valence-electron chi connectivity index (χ3n) is 4.55. The molecule has 1 aliphatic heterocycles. The van der Waals surface area contributed by atoms with Crippen LogP contribution >= 0.6 is 0 Å². The van der Waals surface area contributed by atoms with Crippen molar-refractivity contribution in [3.8, 4) is 5.75 Å². The number of methoxy groups -OCH3 is 1. The van der Waals surface area contributed by atoms with Gasteiger partial charge < -0.3 is 15.4 Å². The number of urea groups is 2. The first-order valence-electron chi connectivity index (χ1n) is 8.69. The Balaban J connectivity index is 1.64. The SMILES string of the molecule is COc1ccccc1C[C@]1(C)NC(=O)N(CC(=O)NC(=O)NC2CC2)C1=O. The predicted octanol–water partition coefficient (Wildman–Crippen LogP) is 0.536. The van der Waals surface area contributed by atoms with Gasteiger partial charge in [0.1, 0.15) is 17.8 Å². The lowest BCUT2D eigenvalue weighted by molar-refractivity contribution is -0.134. The van der Waals surface area contributed by atoms with E-state index in [2.05, 4.69) is 16.0 Å². The van der Waals surface area contributed by atoms with Gasteiger partial charge in [-0.05, 0) is 31.4 Å². The number of para-hydroxylation sites is 1. The molecule has 0 spiro atoms. The van der Waals surface area contributed by atoms with Crippen LogP contribution in [0.4, 0.5) is 9.59 Å². The molecular formula is C18H22N4O5. The second-order valence-electron chi connectivity index (χ2n) is 6.94. The van der Waals surface area contributed by atoms with Crippen molar-refractivity contribution in [3.05, 3.63) is 29.8 Å². The summed E-state index contributed by atoms with van der Waals surface area (Å²) in [6.45, 7) is 1.07. The quantitative estimate of drug-likeness (QED) is 0.628. The van der Waals surface area contributed by atoms with Crippen molar-refractivity contribution in [1.82, 2.24) is 20.9 Å². The molecule has 1 saturated carbocycles. The van der Waals surface area contributed by atoms with Crippen LogP contribution in [0.1, 0.15) is 25.3 Å². The zero-order valence-electron chi connectivity index (χ0n) is 15.2. The molecule has 2 fully saturated rings. The number of hydrogen-bond acceptors (Lipinski definition) is 5. The molecule has 3 N–H and O–H groups in total. The van der Waals surface area contributed by atoms with Gasteiger partial charge in [0.15, 0.2) is 0 Å². The topological polar surface area (TPSA) is 117 Å². The van der Waals surface area contributed by atoms with Gasteiger partial charge in [-0.15, -0.1) is 0 Å². The van der Waals surface area contributed by atoms with Crippen LogP contribution in [0.5, 0.6) is 5.75 Å². The number of ether oxygens (including phenoxy) is 1. The lowest BCUT2D eigenvalue weighted by atomic mass is 9.92. The van der Waals surface area contributed by atoms with E-state index in [-0.39, 0.29) is 12.5 Å². The van der Waals surface area contributed by atoms with Gasteiger partial charge in [-0.3, -0.25) is 19.8 Å². The Morgan fingerprint density at radius 1 is 1.30 bits per heavy atom. The summed E-state index contributed by atoms with van der Waals surface area (Å²) in [5, 5.41) is 7.37. The van der Waals surface area contributed by atoms with Crippen LogP contribution in [0, 0.1) is 0 Å². The van der Waals surface area contributed by atoms with Crippen LogP contribution in [-0.2, 0) is 16.0 Å². The second kappa shape index (κ2) is 7.26. The Labute approximate surface area is 156 Å². The fraction of sp³-hybridized carbons (Fsp3) is 0.444. The number of carbonyl (C=O) groups excluding carboxylic acids is 4. The number of hydrogen-bond donors (Lipinski definition) is 3. The monoisotopic (exact) mass is 374 g/mol. The average Bonchev–Trinajstić information content (AvgIpc) is 3.39. The van der Waals surface area contributed by atoms with Crippen LogP contribution < -0.4 is 20.7 Å². The van der Waals surface area contributed by atoms with Crippen molar-refractivity contribution in [2.24, 2.45) is 0 Å². The molecule has 1 atom stereocenters. The fourth-order valence-corrected chi connectivity index (χ4v) is 3.00. The van der Waals surface area contributed by atoms with Gasteiger partial charge in [0.05, 0.1) is 7.11 Å². The van der Waals surface area contributed by atoms with E-state index in [0.717, 1.165) is 23.3 Å². The molecule has 0 unspecified atom stereocenters. The van der Waals surface area contributed by atoms with Gasteiger partial charge in [-0.2, -0.15) is 0 Å². The average molecular weight is 374 g/mol. The molecule has 2 aliphatic rings. The summed E-state index contributed by atoms with van der Waals surface area (Å²) in [7, 11) is 1.53. The summed E-state index contributed by atoms with van der Waals surface area (Å²) in [6.07, 6.45) is 1.98. The van der Waals surface area contributed by atoms with Crippen LogP contribution in [0.2, 0.25) is 0 Å². The van der Waals surface area contributed by atoms with E-state index in [9.17, 15) is 19.2 Å². The summed E-state index contributed by atoms with van der Waals surface area (Å²) in [4.78, 5) is 49.4. The lowest BCUT2D eigenvalue weighted by Crippen LogP contribution is -2.48. The van der Waals surface area contributed by atoms with Gasteiger partial charge in [0.2, 0.25) is 5.91 Å². The number of imide groups is 2. The van der Waals surface area contributed by atoms with Crippen molar-refractivity contribution in [3.63, 3.8) is 0 Å². The molecule has 9 heteroatoms. The fourth-order valence-electron chi connectivity index (χ4n) is 3.00. The molecule has 1 aromatic rings. The molecule has 27 heavy (non-hydrogen) atoms. The van der Waals surface area contributed by atoms with Crippen molar-refractivity contribution < 1.29 is 23.9 Å². The summed E-state index contributed by atoms with van der Waals surface area (Å²) >= 11 is 0. The zero-order valence-corrected chi connectivity index (χ0v) is 15.2. The van der Waals surface area contributed by atoms with E-state index in [0.29, 0.717) is 5.75 Å². The normalized spacial score (nSPS) is 21.6. The van der Waals surface area contributed by atoms with E-state index >= 15 is 0 Å². The molecule has 6 amide bonds. The van der Waals surface area contributed by atoms with Crippen molar-refractivity contribution in [2.75, 3.05) is 13.7 Å². The molecule has 9 nitrogen and oxygen atoms in total. The Morgan fingerprint density at radius 3 is 2.67 bits per heavy atom. The number of benzene rings is 1. The number of nitrogens with one attached hydrogen (secondary N) is 3. The molecule has 1 aromatic carbocycles. The second-order valence-corrected chi connectivity index (χ2v) is 6.94. The van der Waals surface area contributed by atoms with Crippen LogP contribution in [0.25, 0.3) is 0 Å². The minimum atomic E-state index is -1.21. The number of nitrogens with zero attached hydrogens (tertiary/aromatic N) is 1. The molecule has 144 valence electrons. The first-order chi connectivity index (χ1) is 12.8. The Kier molecular flexibility index (Phi) is 5.02. The first kappa shape index (κ1) is 18.7. The van der Waals surface area contributed by atoms with E-state index in [1.807, 2.05) is 12.1 Å². The molecule has 3 rings (SSSR count). The highest BCUT2D eigenvalue weighted by Crippen LogP contribution is 2.27. The highest BCUT2D eigenvalue weighted by molar-refractivity contribution is 6.10. The molecule has 0 radical (unpaired) electrons. The number of amides is 6. The number of rotatable bonds is 6. The van der Waals surface area contributed by atoms with Crippen LogP contribution in [0.3, 0.4) is 0 Å². The maximum atomic E-state index is 12.8. The summed E-state index contributed by atoms with van der Waals surface area (Å²) in [5.41, 5.74) is -0.450. The van der Waals surface area contributed by atoms with Crippen molar-refractivity contribution in [1.29, 1.82) is 0 Å². The van der Waals surface area contributed by atoms with Crippen LogP contribution in [-0.4, -0.2) is 54.0 Å². The van der Waals surface area contributed by atoms with Crippen LogP contribution in [0.15, 0.2) is 24.3 Å². The smallest absolute Gasteiger partial charge is 0.325 e. The van der Waals surface area contributed by atoms with E-state index in [4.69, 9.17) is 4.74 Å². The van der Waals surface area contributed by atoms with Gasteiger partial charge in [-0.25, -0.2) is 9.59 Å². The van der Waals surface area contributed by atoms with E-state index in [1.54, 1.807) is 19.1 Å². The zero-order chi connectivity index (χ0) is 19.6. The number of carbonyl (C=O) groups is 4. The van der Waals surface area contributed by atoms with E-state index < -0.39 is 36.0 Å². The molecule has 1 heterocycles. The molecule has 1 saturated heterocycles. The van der Waals surface area contributed by atoms with Gasteiger partial charge in [0.25, 0.3) is 5.91 Å². The maximum Gasteiger partial charge on any atom is 0.325 e. The third kappa shape index (κ3) is 4.18. The Morgan fingerprint density at radius 2 is 2.00 bits per heavy atom. The maximum absolute atomic E-state index is 12.8. The summed E-state index contributed by atoms with van der Waals surface area (Å²) in [5.74, 6) is -0.650. The summed E-state index contributed by atoms with van der Waals surface area (Å²) in [6, 6.07) is 6.00. The largest absolute Gasteiger partial charge is 0.496 e. The Hall–Kier alpha value is -3.10. The molecule has 1 aliphatic carbocycles. The summed E-state index contributed by atoms with van der Waals surface area (Å²) < 4.78 is 5.29. The lowest BCUT2D eigenvalue weighted by Gasteiger charge is -2.22. The van der Waals surface area contributed by atoms with Crippen molar-refractivity contribution >= 4 is 23.9 Å². The highest BCUT2D eigenvalue weighted by Gasteiger charge is 2.48. The first-order valence-corrected chi connectivity index (χ1v) is 8.69. The van der Waals surface area contributed by atoms with Gasteiger partial charge >= 0.3 is 12.1 Å². The minimum absolute atomic E-state index is 0.0960. The minimum Gasteiger partial charge on any atom is -0.496 e. The molecule has 0 aromatic heterocycles. The molecule has 0 bridgehead atoms. The molecular weight excluding hydrogens is 352 g/mol. The van der Waals surface area contributed by atoms with Gasteiger partial charge in [0, 0.05) is 12.5 Å². The van der Waals surface area contributed by atoms with Gasteiger partial charge in [-0.1, -0.05) is 18.2 Å². The Bertz CT molecular complexity index is 792. The third-order valence-corrected chi connectivity index (χ3v) is 4.55.